The molecule has 0 spiro atoms. The highest BCUT2D eigenvalue weighted by atomic mass is 16.1. The maximum Gasteiger partial charge on any atom is 0.135 e. The van der Waals surface area contributed by atoms with E-state index in [-0.39, 0.29) is 0 Å². The molecule has 0 bridgehead atoms. The second kappa shape index (κ2) is 10.8. The first-order valence-corrected chi connectivity index (χ1v) is 9.95. The monoisotopic (exact) mass is 380 g/mol. The zero-order valence-corrected chi connectivity index (χ0v) is 16.3. The zero-order valence-electron chi connectivity index (χ0n) is 16.3. The fourth-order valence-electron chi connectivity index (χ4n) is 3.41. The van der Waals surface area contributed by atoms with Crippen LogP contribution in [0.25, 0.3) is 0 Å². The van der Waals surface area contributed by atoms with Gasteiger partial charge in [-0.05, 0) is 35.4 Å². The van der Waals surface area contributed by atoms with Gasteiger partial charge in [0.05, 0.1) is 0 Å². The van der Waals surface area contributed by atoms with E-state index in [0.717, 1.165) is 39.3 Å². The number of hydrogen-bond acceptors (Lipinski definition) is 6. The van der Waals surface area contributed by atoms with Crippen molar-refractivity contribution in [2.75, 3.05) is 26.2 Å². The van der Waals surface area contributed by atoms with Gasteiger partial charge in [0.15, 0.2) is 0 Å². The van der Waals surface area contributed by atoms with Crippen LogP contribution in [0.2, 0.25) is 0 Å². The number of piperidine rings is 2. The molecule has 2 aromatic rings. The van der Waals surface area contributed by atoms with E-state index in [2.05, 4.69) is 19.8 Å². The number of likely N-dealkylation sites (tertiary alicyclic amines) is 2. The molecule has 4 rings (SSSR count). The summed E-state index contributed by atoms with van der Waals surface area (Å²) in [4.78, 5) is 34.6. The van der Waals surface area contributed by atoms with Crippen LogP contribution in [0.5, 0.6) is 0 Å². The van der Waals surface area contributed by atoms with Crippen molar-refractivity contribution in [3.05, 3.63) is 60.2 Å². The first kappa shape index (κ1) is 20.3. The molecule has 148 valence electrons. The van der Waals surface area contributed by atoms with Gasteiger partial charge in [0.2, 0.25) is 0 Å². The van der Waals surface area contributed by atoms with Crippen LogP contribution in [0.3, 0.4) is 0 Å². The van der Waals surface area contributed by atoms with Crippen molar-refractivity contribution in [2.24, 2.45) is 0 Å². The molecule has 28 heavy (non-hydrogen) atoms. The van der Waals surface area contributed by atoms with Gasteiger partial charge in [-0.3, -0.25) is 29.4 Å². The zero-order chi connectivity index (χ0) is 19.6. The lowest BCUT2D eigenvalue weighted by Gasteiger charge is -2.25. The van der Waals surface area contributed by atoms with Gasteiger partial charge in [0.25, 0.3) is 0 Å². The van der Waals surface area contributed by atoms with E-state index in [0.29, 0.717) is 37.2 Å². The molecule has 0 unspecified atom stereocenters. The first-order valence-electron chi connectivity index (χ1n) is 9.95. The summed E-state index contributed by atoms with van der Waals surface area (Å²) in [6.45, 7) is 5.50. The Labute approximate surface area is 166 Å². The van der Waals surface area contributed by atoms with Gasteiger partial charge < -0.3 is 0 Å². The molecular formula is C22H28N4O2. The van der Waals surface area contributed by atoms with E-state index in [4.69, 9.17) is 0 Å². The molecule has 0 N–H and O–H groups in total. The molecule has 0 saturated carbocycles. The molecule has 0 atom stereocenters. The van der Waals surface area contributed by atoms with Crippen molar-refractivity contribution in [3.8, 4) is 0 Å². The van der Waals surface area contributed by atoms with Crippen molar-refractivity contribution < 1.29 is 9.59 Å². The number of Topliss-reactive ketones (excluding diaryl/α,β-unsaturated/α-hetero) is 2. The van der Waals surface area contributed by atoms with Gasteiger partial charge >= 0.3 is 0 Å². The Hall–Kier alpha value is -2.44. The van der Waals surface area contributed by atoms with Crippen molar-refractivity contribution in [1.29, 1.82) is 0 Å². The lowest BCUT2D eigenvalue weighted by molar-refractivity contribution is -0.122. The van der Waals surface area contributed by atoms with Crippen LogP contribution in [0.1, 0.15) is 36.8 Å². The van der Waals surface area contributed by atoms with Crippen molar-refractivity contribution >= 4 is 11.6 Å². The van der Waals surface area contributed by atoms with Gasteiger partial charge in [-0.2, -0.15) is 0 Å². The van der Waals surface area contributed by atoms with E-state index in [1.165, 1.54) is 11.1 Å². The Bertz CT molecular complexity index is 666. The smallest absolute Gasteiger partial charge is 0.135 e. The summed E-state index contributed by atoms with van der Waals surface area (Å²) >= 11 is 0. The molecule has 0 radical (unpaired) electrons. The standard InChI is InChI=1S/2C11H14N2O/c2*14-11-3-7-13(8-4-11)9-10-1-5-12-6-2-10/h2*1-2,5-6H,3-4,7-9H2. The number of rotatable bonds is 4. The minimum atomic E-state index is 0.399. The van der Waals surface area contributed by atoms with Crippen LogP contribution in [-0.2, 0) is 22.7 Å². The molecule has 0 aliphatic carbocycles. The van der Waals surface area contributed by atoms with Crippen molar-refractivity contribution in [3.63, 3.8) is 0 Å². The molecule has 0 aromatic carbocycles. The van der Waals surface area contributed by atoms with Gasteiger partial charge in [0, 0.05) is 89.7 Å². The largest absolute Gasteiger partial charge is 0.300 e. The van der Waals surface area contributed by atoms with Crippen LogP contribution in [-0.4, -0.2) is 57.5 Å². The summed E-state index contributed by atoms with van der Waals surface area (Å²) < 4.78 is 0. The van der Waals surface area contributed by atoms with Crippen LogP contribution >= 0.6 is 0 Å². The maximum absolute atomic E-state index is 11.0. The van der Waals surface area contributed by atoms with E-state index in [1.54, 1.807) is 0 Å². The van der Waals surface area contributed by atoms with Crippen LogP contribution in [0.15, 0.2) is 49.1 Å². The summed E-state index contributed by atoms with van der Waals surface area (Å²) in [7, 11) is 0. The molecular weight excluding hydrogens is 352 g/mol. The number of aromatic nitrogens is 2. The molecule has 2 aliphatic rings. The third kappa shape index (κ3) is 6.94. The minimum Gasteiger partial charge on any atom is -0.300 e. The molecule has 0 amide bonds. The summed E-state index contributed by atoms with van der Waals surface area (Å²) in [6.07, 6.45) is 10.1. The Kier molecular flexibility index (Phi) is 7.82. The van der Waals surface area contributed by atoms with Gasteiger partial charge in [0.1, 0.15) is 11.6 Å². The topological polar surface area (TPSA) is 66.4 Å². The highest BCUT2D eigenvalue weighted by Crippen LogP contribution is 2.11. The number of ketones is 2. The van der Waals surface area contributed by atoms with Gasteiger partial charge in [-0.15, -0.1) is 0 Å². The summed E-state index contributed by atoms with van der Waals surface area (Å²) in [6, 6.07) is 8.10. The third-order valence-corrected chi connectivity index (χ3v) is 5.14. The lowest BCUT2D eigenvalue weighted by atomic mass is 10.1. The van der Waals surface area contributed by atoms with Crippen LogP contribution in [0, 0.1) is 0 Å². The molecule has 2 fully saturated rings. The summed E-state index contributed by atoms with van der Waals surface area (Å²) in [5.74, 6) is 0.798. The Morgan fingerprint density at radius 1 is 0.607 bits per heavy atom. The number of carbonyl (C=O) groups excluding carboxylic acids is 2. The number of nitrogens with zero attached hydrogens (tertiary/aromatic N) is 4. The van der Waals surface area contributed by atoms with E-state index >= 15 is 0 Å². The predicted octanol–water partition coefficient (Wildman–Crippen LogP) is 2.49. The lowest BCUT2D eigenvalue weighted by Crippen LogP contribution is -2.33. The van der Waals surface area contributed by atoms with E-state index in [1.807, 2.05) is 49.1 Å². The Balaban J connectivity index is 0.000000161. The second-order valence-electron chi connectivity index (χ2n) is 7.34. The fourth-order valence-corrected chi connectivity index (χ4v) is 3.41. The quantitative estimate of drug-likeness (QED) is 0.812. The number of hydrogen-bond donors (Lipinski definition) is 0. The second-order valence-corrected chi connectivity index (χ2v) is 7.34. The number of carbonyl (C=O) groups is 2. The van der Waals surface area contributed by atoms with Crippen molar-refractivity contribution in [2.45, 2.75) is 38.8 Å². The molecule has 4 heterocycles. The molecule has 2 saturated heterocycles. The summed E-state index contributed by atoms with van der Waals surface area (Å²) in [5.41, 5.74) is 2.55. The SMILES string of the molecule is O=C1CCN(Cc2ccncc2)CC1.O=C1CCN(Cc2ccncc2)CC1. The molecule has 6 nitrogen and oxygen atoms in total. The molecule has 2 aromatic heterocycles. The van der Waals surface area contributed by atoms with E-state index in [9.17, 15) is 9.59 Å². The molecule has 6 heteroatoms. The normalized spacial score (nSPS) is 18.4. The van der Waals surface area contributed by atoms with Crippen molar-refractivity contribution in [1.82, 2.24) is 19.8 Å². The minimum absolute atomic E-state index is 0.399. The Morgan fingerprint density at radius 2 is 0.929 bits per heavy atom. The summed E-state index contributed by atoms with van der Waals surface area (Å²) in [5, 5.41) is 0. The van der Waals surface area contributed by atoms with Gasteiger partial charge in [-0.25, -0.2) is 0 Å². The Morgan fingerprint density at radius 3 is 1.25 bits per heavy atom. The average Bonchev–Trinajstić information content (AvgIpc) is 2.74. The average molecular weight is 380 g/mol. The van der Waals surface area contributed by atoms with E-state index < -0.39 is 0 Å². The maximum atomic E-state index is 11.0. The molecule has 2 aliphatic heterocycles. The highest BCUT2D eigenvalue weighted by molar-refractivity contribution is 5.79. The van der Waals surface area contributed by atoms with Gasteiger partial charge in [-0.1, -0.05) is 0 Å². The van der Waals surface area contributed by atoms with Crippen LogP contribution in [0.4, 0.5) is 0 Å². The first-order chi connectivity index (χ1) is 13.7. The van der Waals surface area contributed by atoms with Crippen LogP contribution < -0.4 is 0 Å². The predicted molar refractivity (Wildman–Crippen MR) is 108 cm³/mol. The fraction of sp³-hybridized carbons (Fsp3) is 0.455. The third-order valence-electron chi connectivity index (χ3n) is 5.14. The highest BCUT2D eigenvalue weighted by Gasteiger charge is 2.16. The number of pyridine rings is 2.